The number of aliphatic hydroxyl groups is 1. The van der Waals surface area contributed by atoms with E-state index < -0.39 is 40.2 Å². The molecule has 35 heavy (non-hydrogen) atoms. The van der Waals surface area contributed by atoms with Crippen LogP contribution in [-0.4, -0.2) is 46.5 Å². The van der Waals surface area contributed by atoms with Gasteiger partial charge in [0.05, 0.1) is 41.1 Å². The Morgan fingerprint density at radius 2 is 1.69 bits per heavy atom. The van der Waals surface area contributed by atoms with E-state index in [2.05, 4.69) is 10.5 Å². The van der Waals surface area contributed by atoms with Crippen LogP contribution in [0.15, 0.2) is 59.7 Å². The number of non-ortho nitro benzene ring substituents is 1. The average Bonchev–Trinajstić information content (AvgIpc) is 2.82. The standard InChI is InChI=1S/C25H29N3O7/c1-4-34-23(29)21-19(27-26-17-11-13-18(14-12-17)28(32)33)15-25(3,31)22(24(30)35-5-2)20(21)16-9-7-6-8-10-16/h6-14,20-22,26,31H,4-5,15H2,1-3H3/b27-19+/t20-,21+,22-,25-/m0/s1. The first-order chi connectivity index (χ1) is 16.7. The van der Waals surface area contributed by atoms with Gasteiger partial charge in [0.25, 0.3) is 5.69 Å². The fourth-order valence-electron chi connectivity index (χ4n) is 4.48. The third-order valence-corrected chi connectivity index (χ3v) is 5.96. The van der Waals surface area contributed by atoms with Crippen LogP contribution in [0, 0.1) is 22.0 Å². The van der Waals surface area contributed by atoms with E-state index >= 15 is 0 Å². The Balaban J connectivity index is 2.09. The van der Waals surface area contributed by atoms with Crippen molar-refractivity contribution < 1.29 is 29.1 Å². The number of rotatable bonds is 8. The van der Waals surface area contributed by atoms with Crippen molar-refractivity contribution in [2.75, 3.05) is 18.6 Å². The molecule has 0 unspecified atom stereocenters. The zero-order valence-corrected chi connectivity index (χ0v) is 19.8. The molecule has 4 atom stereocenters. The zero-order chi connectivity index (χ0) is 25.6. The molecule has 2 aromatic carbocycles. The van der Waals surface area contributed by atoms with Crippen LogP contribution in [0.25, 0.3) is 0 Å². The van der Waals surface area contributed by atoms with Gasteiger partial charge in [0, 0.05) is 24.5 Å². The predicted molar refractivity (Wildman–Crippen MR) is 129 cm³/mol. The van der Waals surface area contributed by atoms with Gasteiger partial charge in [-0.1, -0.05) is 30.3 Å². The molecule has 0 aliphatic heterocycles. The van der Waals surface area contributed by atoms with Crippen LogP contribution in [0.5, 0.6) is 0 Å². The van der Waals surface area contributed by atoms with Gasteiger partial charge in [-0.15, -0.1) is 0 Å². The highest BCUT2D eigenvalue weighted by atomic mass is 16.6. The summed E-state index contributed by atoms with van der Waals surface area (Å²) in [6, 6.07) is 14.6. The number of nitro benzene ring substituents is 1. The van der Waals surface area contributed by atoms with Crippen molar-refractivity contribution in [2.24, 2.45) is 16.9 Å². The minimum atomic E-state index is -1.58. The van der Waals surface area contributed by atoms with E-state index in [-0.39, 0.29) is 25.3 Å². The molecule has 10 heteroatoms. The van der Waals surface area contributed by atoms with E-state index in [1.807, 2.05) is 6.07 Å². The molecule has 0 bridgehead atoms. The second-order valence-electron chi connectivity index (χ2n) is 8.45. The van der Waals surface area contributed by atoms with Crippen molar-refractivity contribution in [3.63, 3.8) is 0 Å². The molecule has 2 N–H and O–H groups in total. The monoisotopic (exact) mass is 483 g/mol. The summed E-state index contributed by atoms with van der Waals surface area (Å²) < 4.78 is 10.6. The molecule has 0 amide bonds. The van der Waals surface area contributed by atoms with E-state index in [9.17, 15) is 24.8 Å². The number of anilines is 1. The number of carbonyl (C=O) groups is 2. The summed E-state index contributed by atoms with van der Waals surface area (Å²) in [6.07, 6.45) is -0.0940. The highest BCUT2D eigenvalue weighted by Crippen LogP contribution is 2.47. The van der Waals surface area contributed by atoms with Crippen molar-refractivity contribution in [3.8, 4) is 0 Å². The smallest absolute Gasteiger partial charge is 0.315 e. The van der Waals surface area contributed by atoms with Crippen molar-refractivity contribution in [3.05, 3.63) is 70.3 Å². The predicted octanol–water partition coefficient (Wildman–Crippen LogP) is 3.66. The Morgan fingerprint density at radius 3 is 2.26 bits per heavy atom. The number of ether oxygens (including phenoxy) is 2. The van der Waals surface area contributed by atoms with Gasteiger partial charge >= 0.3 is 11.9 Å². The summed E-state index contributed by atoms with van der Waals surface area (Å²) in [5.41, 5.74) is 2.57. The third-order valence-electron chi connectivity index (χ3n) is 5.96. The summed E-state index contributed by atoms with van der Waals surface area (Å²) in [7, 11) is 0. The van der Waals surface area contributed by atoms with Gasteiger partial charge in [0.15, 0.2) is 0 Å². The number of nitrogens with zero attached hydrogens (tertiary/aromatic N) is 2. The van der Waals surface area contributed by atoms with Gasteiger partial charge in [0.1, 0.15) is 5.92 Å². The van der Waals surface area contributed by atoms with Gasteiger partial charge in [-0.3, -0.25) is 25.1 Å². The molecule has 2 aromatic rings. The van der Waals surface area contributed by atoms with Gasteiger partial charge in [-0.2, -0.15) is 5.10 Å². The minimum absolute atomic E-state index is 0.0744. The first-order valence-electron chi connectivity index (χ1n) is 11.4. The summed E-state index contributed by atoms with van der Waals surface area (Å²) in [6.45, 7) is 5.13. The number of carbonyl (C=O) groups excluding carboxylic acids is 2. The first kappa shape index (κ1) is 25.8. The zero-order valence-electron chi connectivity index (χ0n) is 19.8. The molecule has 0 saturated heterocycles. The maximum absolute atomic E-state index is 13.2. The lowest BCUT2D eigenvalue weighted by atomic mass is 9.61. The summed E-state index contributed by atoms with van der Waals surface area (Å²) in [5, 5.41) is 26.7. The second-order valence-corrected chi connectivity index (χ2v) is 8.45. The lowest BCUT2D eigenvalue weighted by Crippen LogP contribution is -2.55. The number of hydrazone groups is 1. The molecule has 0 spiro atoms. The summed E-state index contributed by atoms with van der Waals surface area (Å²) in [4.78, 5) is 36.7. The Kier molecular flexibility index (Phi) is 8.18. The fraction of sp³-hybridized carbons (Fsp3) is 0.400. The van der Waals surface area contributed by atoms with Gasteiger partial charge in [-0.05, 0) is 38.5 Å². The highest BCUT2D eigenvalue weighted by Gasteiger charge is 2.56. The first-order valence-corrected chi connectivity index (χ1v) is 11.4. The number of benzene rings is 2. The normalized spacial score (nSPS) is 25.0. The van der Waals surface area contributed by atoms with Crippen LogP contribution in [-0.2, 0) is 19.1 Å². The molecule has 0 radical (unpaired) electrons. The molecular formula is C25H29N3O7. The van der Waals surface area contributed by atoms with E-state index in [1.54, 1.807) is 38.1 Å². The van der Waals surface area contributed by atoms with Crippen molar-refractivity contribution in [2.45, 2.75) is 38.7 Å². The lowest BCUT2D eigenvalue weighted by molar-refractivity contribution is -0.384. The molecule has 0 heterocycles. The van der Waals surface area contributed by atoms with E-state index in [0.29, 0.717) is 17.0 Å². The molecule has 1 aliphatic carbocycles. The fourth-order valence-corrected chi connectivity index (χ4v) is 4.48. The topological polar surface area (TPSA) is 140 Å². The Bertz CT molecular complexity index is 1080. The molecule has 3 rings (SSSR count). The lowest BCUT2D eigenvalue weighted by Gasteiger charge is -2.45. The van der Waals surface area contributed by atoms with Crippen molar-refractivity contribution >= 4 is 29.0 Å². The molecule has 10 nitrogen and oxygen atoms in total. The number of nitro groups is 1. The van der Waals surface area contributed by atoms with Crippen LogP contribution in [0.2, 0.25) is 0 Å². The van der Waals surface area contributed by atoms with E-state index in [4.69, 9.17) is 9.47 Å². The quantitative estimate of drug-likeness (QED) is 0.329. The maximum atomic E-state index is 13.2. The maximum Gasteiger partial charge on any atom is 0.315 e. The second kappa shape index (κ2) is 11.1. The van der Waals surface area contributed by atoms with Gasteiger partial charge in [0.2, 0.25) is 0 Å². The largest absolute Gasteiger partial charge is 0.466 e. The SMILES string of the molecule is CCOC(=O)[C@@H]1/C(=N/Nc2ccc([N+](=O)[O-])cc2)C[C@](C)(O)[C@H](C(=O)OCC)[C@H]1c1ccccc1. The molecule has 1 fully saturated rings. The van der Waals surface area contributed by atoms with Crippen molar-refractivity contribution in [1.82, 2.24) is 0 Å². The van der Waals surface area contributed by atoms with Crippen molar-refractivity contribution in [1.29, 1.82) is 0 Å². The van der Waals surface area contributed by atoms with Crippen LogP contribution in [0.1, 0.15) is 38.7 Å². The van der Waals surface area contributed by atoms with Gasteiger partial charge in [-0.25, -0.2) is 0 Å². The van der Waals surface area contributed by atoms with Crippen LogP contribution in [0.3, 0.4) is 0 Å². The third kappa shape index (κ3) is 5.83. The molecule has 1 saturated carbocycles. The minimum Gasteiger partial charge on any atom is -0.466 e. The Morgan fingerprint density at radius 1 is 1.09 bits per heavy atom. The number of hydrogen-bond acceptors (Lipinski definition) is 9. The molecule has 1 aliphatic rings. The number of hydrogen-bond donors (Lipinski definition) is 2. The van der Waals surface area contributed by atoms with Gasteiger partial charge < -0.3 is 14.6 Å². The molecule has 186 valence electrons. The number of esters is 2. The average molecular weight is 484 g/mol. The van der Waals surface area contributed by atoms with Crippen LogP contribution < -0.4 is 5.43 Å². The highest BCUT2D eigenvalue weighted by molar-refractivity contribution is 6.06. The number of nitrogens with one attached hydrogen (secondary N) is 1. The van der Waals surface area contributed by atoms with Crippen LogP contribution >= 0.6 is 0 Å². The van der Waals surface area contributed by atoms with E-state index in [1.165, 1.54) is 31.2 Å². The molecular weight excluding hydrogens is 454 g/mol. The van der Waals surface area contributed by atoms with E-state index in [0.717, 1.165) is 0 Å². The Hall–Kier alpha value is -3.79. The summed E-state index contributed by atoms with van der Waals surface area (Å²) >= 11 is 0. The molecule has 0 aromatic heterocycles. The Labute approximate surface area is 203 Å². The van der Waals surface area contributed by atoms with Crippen LogP contribution in [0.4, 0.5) is 11.4 Å². The summed E-state index contributed by atoms with van der Waals surface area (Å²) in [5.74, 6) is -4.00.